The monoisotopic (exact) mass is 242 g/mol. The smallest absolute Gasteiger partial charge is 0.162 e. The quantitative estimate of drug-likeness (QED) is 0.761. The topological polar surface area (TPSA) is 27.7 Å². The first-order chi connectivity index (χ1) is 8.08. The average molecular weight is 242 g/mol. The fourth-order valence-electron chi connectivity index (χ4n) is 3.16. The molecular weight excluding hydrogens is 216 g/mol. The van der Waals surface area contributed by atoms with Crippen LogP contribution in [0.1, 0.15) is 46.0 Å². The van der Waals surface area contributed by atoms with Crippen molar-refractivity contribution in [3.8, 4) is 0 Å². The molecule has 0 amide bonds. The Kier molecular flexibility index (Phi) is 4.11. The molecule has 0 spiro atoms. The van der Waals surface area contributed by atoms with E-state index in [4.69, 9.17) is 14.2 Å². The highest BCUT2D eigenvalue weighted by molar-refractivity contribution is 4.91. The van der Waals surface area contributed by atoms with Gasteiger partial charge in [0.25, 0.3) is 0 Å². The predicted molar refractivity (Wildman–Crippen MR) is 66.9 cm³/mol. The Balaban J connectivity index is 2.04. The minimum absolute atomic E-state index is 0.0880. The molecule has 2 rings (SSSR count). The second-order valence-corrected chi connectivity index (χ2v) is 6.11. The number of hydrogen-bond donors (Lipinski definition) is 0. The van der Waals surface area contributed by atoms with E-state index in [0.717, 1.165) is 19.8 Å². The molecule has 3 heteroatoms. The maximum Gasteiger partial charge on any atom is 0.162 e. The molecule has 100 valence electrons. The minimum atomic E-state index is -0.425. The van der Waals surface area contributed by atoms with Crippen LogP contribution in [-0.2, 0) is 14.2 Å². The highest BCUT2D eigenvalue weighted by Gasteiger charge is 2.45. The molecule has 0 unspecified atom stereocenters. The van der Waals surface area contributed by atoms with Crippen LogP contribution in [0.2, 0.25) is 0 Å². The summed E-state index contributed by atoms with van der Waals surface area (Å²) in [5.41, 5.74) is 0.0880. The fourth-order valence-corrected chi connectivity index (χ4v) is 3.16. The number of methoxy groups -OCH3 is 1. The van der Waals surface area contributed by atoms with E-state index in [2.05, 4.69) is 0 Å². The van der Waals surface area contributed by atoms with E-state index in [9.17, 15) is 0 Å². The predicted octanol–water partition coefficient (Wildman–Crippen LogP) is 2.98. The lowest BCUT2D eigenvalue weighted by molar-refractivity contribution is -0.302. The molecule has 0 atom stereocenters. The number of rotatable bonds is 3. The molecule has 0 N–H and O–H groups in total. The van der Waals surface area contributed by atoms with Gasteiger partial charge in [0.15, 0.2) is 5.79 Å². The maximum absolute atomic E-state index is 5.88. The summed E-state index contributed by atoms with van der Waals surface area (Å²) in [6.07, 6.45) is 6.68. The number of hydrogen-bond acceptors (Lipinski definition) is 3. The molecular formula is C14H26O3. The molecule has 1 heterocycles. The van der Waals surface area contributed by atoms with Crippen molar-refractivity contribution in [3.05, 3.63) is 0 Å². The zero-order valence-corrected chi connectivity index (χ0v) is 11.5. The van der Waals surface area contributed by atoms with E-state index in [1.165, 1.54) is 32.1 Å². The Morgan fingerprint density at radius 1 is 1.06 bits per heavy atom. The first-order valence-corrected chi connectivity index (χ1v) is 6.85. The third-order valence-electron chi connectivity index (χ3n) is 4.32. The molecule has 0 radical (unpaired) electrons. The standard InChI is InChI=1S/C14H26O3/c1-13(2)16-10-14(9-15-3,11-17-13)12-7-5-4-6-8-12/h12H,4-11H2,1-3H3. The summed E-state index contributed by atoms with van der Waals surface area (Å²) < 4.78 is 17.2. The van der Waals surface area contributed by atoms with Gasteiger partial charge in [-0.2, -0.15) is 0 Å². The van der Waals surface area contributed by atoms with Crippen LogP contribution >= 0.6 is 0 Å². The molecule has 2 aliphatic rings. The van der Waals surface area contributed by atoms with E-state index >= 15 is 0 Å². The van der Waals surface area contributed by atoms with Crippen LogP contribution < -0.4 is 0 Å². The molecule has 1 aliphatic carbocycles. The van der Waals surface area contributed by atoms with E-state index in [1.807, 2.05) is 13.8 Å². The van der Waals surface area contributed by atoms with Gasteiger partial charge >= 0.3 is 0 Å². The summed E-state index contributed by atoms with van der Waals surface area (Å²) >= 11 is 0. The Labute approximate surface area is 105 Å². The third-order valence-corrected chi connectivity index (χ3v) is 4.32. The van der Waals surface area contributed by atoms with Crippen molar-refractivity contribution in [2.75, 3.05) is 26.9 Å². The number of ether oxygens (including phenoxy) is 3. The van der Waals surface area contributed by atoms with Gasteiger partial charge in [0.1, 0.15) is 0 Å². The minimum Gasteiger partial charge on any atom is -0.384 e. The van der Waals surface area contributed by atoms with Crippen LogP contribution in [0.3, 0.4) is 0 Å². The van der Waals surface area contributed by atoms with Crippen molar-refractivity contribution in [1.82, 2.24) is 0 Å². The first-order valence-electron chi connectivity index (χ1n) is 6.85. The fraction of sp³-hybridized carbons (Fsp3) is 1.00. The van der Waals surface area contributed by atoms with Crippen LogP contribution in [0, 0.1) is 11.3 Å². The summed E-state index contributed by atoms with van der Waals surface area (Å²) in [4.78, 5) is 0. The van der Waals surface area contributed by atoms with Crippen LogP contribution in [0.4, 0.5) is 0 Å². The van der Waals surface area contributed by atoms with Crippen LogP contribution in [-0.4, -0.2) is 32.7 Å². The summed E-state index contributed by atoms with van der Waals surface area (Å²) in [6, 6.07) is 0. The van der Waals surface area contributed by atoms with E-state index in [0.29, 0.717) is 5.92 Å². The van der Waals surface area contributed by atoms with Crippen molar-refractivity contribution in [3.63, 3.8) is 0 Å². The Bertz CT molecular complexity index is 234. The SMILES string of the molecule is COCC1(C2CCCCC2)COC(C)(C)OC1. The molecule has 0 aromatic heterocycles. The molecule has 2 fully saturated rings. The molecule has 1 saturated heterocycles. The van der Waals surface area contributed by atoms with Gasteiger partial charge in [-0.15, -0.1) is 0 Å². The van der Waals surface area contributed by atoms with E-state index in [-0.39, 0.29) is 5.41 Å². The Morgan fingerprint density at radius 2 is 1.65 bits per heavy atom. The zero-order chi connectivity index (χ0) is 12.4. The van der Waals surface area contributed by atoms with E-state index < -0.39 is 5.79 Å². The lowest BCUT2D eigenvalue weighted by Crippen LogP contribution is -2.52. The summed E-state index contributed by atoms with van der Waals surface area (Å²) in [5.74, 6) is 0.277. The van der Waals surface area contributed by atoms with Crippen molar-refractivity contribution in [1.29, 1.82) is 0 Å². The summed E-state index contributed by atoms with van der Waals surface area (Å²) in [5, 5.41) is 0. The third kappa shape index (κ3) is 3.01. The van der Waals surface area contributed by atoms with Crippen LogP contribution in [0.5, 0.6) is 0 Å². The lowest BCUT2D eigenvalue weighted by atomic mass is 9.69. The van der Waals surface area contributed by atoms with Gasteiger partial charge < -0.3 is 14.2 Å². The van der Waals surface area contributed by atoms with Gasteiger partial charge in [-0.1, -0.05) is 19.3 Å². The van der Waals surface area contributed by atoms with Gasteiger partial charge in [0.2, 0.25) is 0 Å². The average Bonchev–Trinajstić information content (AvgIpc) is 2.34. The molecule has 0 bridgehead atoms. The molecule has 0 aromatic carbocycles. The zero-order valence-electron chi connectivity index (χ0n) is 11.5. The Morgan fingerprint density at radius 3 is 2.18 bits per heavy atom. The molecule has 1 saturated carbocycles. The Hall–Kier alpha value is -0.120. The molecule has 0 aromatic rings. The van der Waals surface area contributed by atoms with Crippen LogP contribution in [0.15, 0.2) is 0 Å². The van der Waals surface area contributed by atoms with Gasteiger partial charge in [0.05, 0.1) is 19.8 Å². The van der Waals surface area contributed by atoms with Crippen LogP contribution in [0.25, 0.3) is 0 Å². The molecule has 3 nitrogen and oxygen atoms in total. The van der Waals surface area contributed by atoms with Gasteiger partial charge in [-0.3, -0.25) is 0 Å². The molecule has 17 heavy (non-hydrogen) atoms. The highest BCUT2D eigenvalue weighted by atomic mass is 16.7. The van der Waals surface area contributed by atoms with Gasteiger partial charge in [-0.25, -0.2) is 0 Å². The van der Waals surface area contributed by atoms with Crippen molar-refractivity contribution in [2.45, 2.75) is 51.7 Å². The second kappa shape index (κ2) is 5.25. The second-order valence-electron chi connectivity index (χ2n) is 6.11. The normalized spacial score (nSPS) is 29.1. The largest absolute Gasteiger partial charge is 0.384 e. The highest BCUT2D eigenvalue weighted by Crippen LogP contribution is 2.43. The van der Waals surface area contributed by atoms with Crippen molar-refractivity contribution >= 4 is 0 Å². The van der Waals surface area contributed by atoms with Crippen molar-refractivity contribution in [2.24, 2.45) is 11.3 Å². The summed E-state index contributed by atoms with van der Waals surface area (Å²) in [6.45, 7) is 6.29. The maximum atomic E-state index is 5.88. The lowest BCUT2D eigenvalue weighted by Gasteiger charge is -2.48. The summed E-state index contributed by atoms with van der Waals surface area (Å²) in [7, 11) is 1.78. The van der Waals surface area contributed by atoms with Crippen molar-refractivity contribution < 1.29 is 14.2 Å². The first kappa shape index (κ1) is 13.3. The van der Waals surface area contributed by atoms with E-state index in [1.54, 1.807) is 7.11 Å². The van der Waals surface area contributed by atoms with Gasteiger partial charge in [0, 0.05) is 12.5 Å². The van der Waals surface area contributed by atoms with Gasteiger partial charge in [-0.05, 0) is 32.6 Å². The molecule has 1 aliphatic heterocycles.